The predicted octanol–water partition coefficient (Wildman–Crippen LogP) is -0.276. The van der Waals surface area contributed by atoms with E-state index >= 15 is 0 Å². The van der Waals surface area contributed by atoms with Crippen molar-refractivity contribution in [2.75, 3.05) is 50.7 Å². The zero-order valence-electron chi connectivity index (χ0n) is 10.6. The topological polar surface area (TPSA) is 79.7 Å². The fourth-order valence-electron chi connectivity index (χ4n) is 2.02. The van der Waals surface area contributed by atoms with E-state index in [0.717, 1.165) is 0 Å². The van der Waals surface area contributed by atoms with Crippen molar-refractivity contribution < 1.29 is 14.6 Å². The number of nitrogens with zero attached hydrogens (tertiary/aromatic N) is 3. The number of aliphatic hydroxyl groups excluding tert-OH is 1. The van der Waals surface area contributed by atoms with E-state index in [0.29, 0.717) is 37.1 Å². The molecule has 0 radical (unpaired) electrons. The number of aromatic nitrogens is 2. The van der Waals surface area contributed by atoms with Gasteiger partial charge >= 0.3 is 0 Å². The van der Waals surface area contributed by atoms with Gasteiger partial charge in [-0.25, -0.2) is 9.97 Å². The highest BCUT2D eigenvalue weighted by Gasteiger charge is 2.27. The molecule has 1 aliphatic rings. The van der Waals surface area contributed by atoms with Crippen LogP contribution in [-0.2, 0) is 4.74 Å². The van der Waals surface area contributed by atoms with E-state index in [1.54, 1.807) is 14.2 Å². The lowest BCUT2D eigenvalue weighted by atomic mass is 10.2. The van der Waals surface area contributed by atoms with Gasteiger partial charge in [-0.2, -0.15) is 0 Å². The SMILES string of the molecule is CNc1ncnc(N2CCOCC2CO)c1OC. The van der Waals surface area contributed by atoms with Gasteiger partial charge in [0.1, 0.15) is 6.33 Å². The average Bonchev–Trinajstić information content (AvgIpc) is 2.46. The molecule has 0 amide bonds. The summed E-state index contributed by atoms with van der Waals surface area (Å²) in [6.07, 6.45) is 1.48. The third-order valence-electron chi connectivity index (χ3n) is 2.94. The van der Waals surface area contributed by atoms with E-state index in [2.05, 4.69) is 15.3 Å². The molecule has 1 fully saturated rings. The molecule has 0 saturated carbocycles. The van der Waals surface area contributed by atoms with E-state index < -0.39 is 0 Å². The molecule has 1 aromatic rings. The Kier molecular flexibility index (Phi) is 4.16. The minimum Gasteiger partial charge on any atom is -0.490 e. The van der Waals surface area contributed by atoms with Crippen LogP contribution in [-0.4, -0.2) is 61.6 Å². The van der Waals surface area contributed by atoms with Crippen molar-refractivity contribution in [3.05, 3.63) is 6.33 Å². The summed E-state index contributed by atoms with van der Waals surface area (Å²) in [4.78, 5) is 10.4. The van der Waals surface area contributed by atoms with Gasteiger partial charge in [0.25, 0.3) is 0 Å². The molecule has 1 atom stereocenters. The molecule has 100 valence electrons. The molecule has 1 saturated heterocycles. The minimum atomic E-state index is -0.104. The Hall–Kier alpha value is -1.60. The first-order valence-electron chi connectivity index (χ1n) is 5.83. The Balaban J connectivity index is 2.36. The van der Waals surface area contributed by atoms with Gasteiger partial charge in [0.15, 0.2) is 11.6 Å². The van der Waals surface area contributed by atoms with Crippen LogP contribution in [0.15, 0.2) is 6.33 Å². The maximum Gasteiger partial charge on any atom is 0.204 e. The number of aliphatic hydroxyl groups is 1. The fourth-order valence-corrected chi connectivity index (χ4v) is 2.02. The highest BCUT2D eigenvalue weighted by Crippen LogP contribution is 2.33. The molecule has 1 aromatic heterocycles. The number of nitrogens with one attached hydrogen (secondary N) is 1. The van der Waals surface area contributed by atoms with Crippen LogP contribution in [0.4, 0.5) is 11.6 Å². The van der Waals surface area contributed by atoms with Crippen LogP contribution in [0.25, 0.3) is 0 Å². The Morgan fingerprint density at radius 1 is 1.61 bits per heavy atom. The van der Waals surface area contributed by atoms with E-state index in [1.807, 2.05) is 4.90 Å². The van der Waals surface area contributed by atoms with Crippen molar-refractivity contribution >= 4 is 11.6 Å². The Labute approximate surface area is 106 Å². The van der Waals surface area contributed by atoms with Crippen LogP contribution >= 0.6 is 0 Å². The summed E-state index contributed by atoms with van der Waals surface area (Å²) in [7, 11) is 3.36. The lowest BCUT2D eigenvalue weighted by Crippen LogP contribution is -2.48. The third-order valence-corrected chi connectivity index (χ3v) is 2.94. The van der Waals surface area contributed by atoms with Gasteiger partial charge in [-0.1, -0.05) is 0 Å². The number of anilines is 2. The maximum absolute atomic E-state index is 9.39. The molecule has 7 heteroatoms. The van der Waals surface area contributed by atoms with Crippen LogP contribution in [0.3, 0.4) is 0 Å². The lowest BCUT2D eigenvalue weighted by Gasteiger charge is -2.36. The highest BCUT2D eigenvalue weighted by molar-refractivity contribution is 5.65. The second-order valence-corrected chi connectivity index (χ2v) is 3.93. The smallest absolute Gasteiger partial charge is 0.204 e. The number of ether oxygens (including phenoxy) is 2. The summed E-state index contributed by atoms with van der Waals surface area (Å²) in [6, 6.07) is -0.104. The number of hydrogen-bond acceptors (Lipinski definition) is 7. The zero-order valence-corrected chi connectivity index (χ0v) is 10.6. The van der Waals surface area contributed by atoms with Crippen molar-refractivity contribution in [1.29, 1.82) is 0 Å². The van der Waals surface area contributed by atoms with Gasteiger partial charge in [-0.05, 0) is 0 Å². The first-order chi connectivity index (χ1) is 8.81. The minimum absolute atomic E-state index is 0.0159. The van der Waals surface area contributed by atoms with Crippen molar-refractivity contribution in [2.45, 2.75) is 6.04 Å². The molecule has 1 aliphatic heterocycles. The number of rotatable bonds is 4. The first kappa shape index (κ1) is 12.8. The second-order valence-electron chi connectivity index (χ2n) is 3.93. The van der Waals surface area contributed by atoms with Gasteiger partial charge in [-0.3, -0.25) is 0 Å². The quantitative estimate of drug-likeness (QED) is 0.765. The zero-order chi connectivity index (χ0) is 13.0. The molecule has 0 aliphatic carbocycles. The summed E-state index contributed by atoms with van der Waals surface area (Å²) in [5.41, 5.74) is 0. The molecule has 0 bridgehead atoms. The summed E-state index contributed by atoms with van der Waals surface area (Å²) in [5, 5.41) is 12.4. The number of hydrogen-bond donors (Lipinski definition) is 2. The molecule has 0 spiro atoms. The number of morpholine rings is 1. The Morgan fingerprint density at radius 3 is 3.11 bits per heavy atom. The number of methoxy groups -OCH3 is 1. The normalized spacial score (nSPS) is 19.7. The standard InChI is InChI=1S/C11H18N4O3/c1-12-10-9(17-2)11(14-7-13-10)15-3-4-18-6-8(15)5-16/h7-8,16H,3-6H2,1-2H3,(H,12,13,14). The summed E-state index contributed by atoms with van der Waals surface area (Å²) in [6.45, 7) is 1.78. The summed E-state index contributed by atoms with van der Waals surface area (Å²) in [5.74, 6) is 1.89. The third kappa shape index (κ3) is 2.32. The summed E-state index contributed by atoms with van der Waals surface area (Å²) >= 11 is 0. The van der Waals surface area contributed by atoms with Crippen molar-refractivity contribution in [3.63, 3.8) is 0 Å². The van der Waals surface area contributed by atoms with Crippen LogP contribution in [0, 0.1) is 0 Å². The Morgan fingerprint density at radius 2 is 2.44 bits per heavy atom. The van der Waals surface area contributed by atoms with Gasteiger partial charge in [0, 0.05) is 13.6 Å². The monoisotopic (exact) mass is 254 g/mol. The fraction of sp³-hybridized carbons (Fsp3) is 0.636. The molecule has 2 N–H and O–H groups in total. The molecule has 2 rings (SSSR count). The molecule has 1 unspecified atom stereocenters. The average molecular weight is 254 g/mol. The van der Waals surface area contributed by atoms with Crippen molar-refractivity contribution in [3.8, 4) is 5.75 Å². The molecule has 18 heavy (non-hydrogen) atoms. The van der Waals surface area contributed by atoms with E-state index in [1.165, 1.54) is 6.33 Å². The predicted molar refractivity (Wildman–Crippen MR) is 67.2 cm³/mol. The van der Waals surface area contributed by atoms with Crippen molar-refractivity contribution in [1.82, 2.24) is 9.97 Å². The molecular weight excluding hydrogens is 236 g/mol. The van der Waals surface area contributed by atoms with E-state index in [-0.39, 0.29) is 12.6 Å². The van der Waals surface area contributed by atoms with Gasteiger partial charge in [-0.15, -0.1) is 0 Å². The van der Waals surface area contributed by atoms with Crippen LogP contribution in [0.5, 0.6) is 5.75 Å². The largest absolute Gasteiger partial charge is 0.490 e. The highest BCUT2D eigenvalue weighted by atomic mass is 16.5. The van der Waals surface area contributed by atoms with Gasteiger partial charge < -0.3 is 24.8 Å². The first-order valence-corrected chi connectivity index (χ1v) is 5.83. The lowest BCUT2D eigenvalue weighted by molar-refractivity contribution is 0.0720. The van der Waals surface area contributed by atoms with Gasteiger partial charge in [0.2, 0.25) is 5.75 Å². The molecule has 0 aromatic carbocycles. The van der Waals surface area contributed by atoms with Gasteiger partial charge in [0.05, 0.1) is 33.0 Å². The van der Waals surface area contributed by atoms with Crippen molar-refractivity contribution in [2.24, 2.45) is 0 Å². The second kappa shape index (κ2) is 5.83. The maximum atomic E-state index is 9.39. The van der Waals surface area contributed by atoms with Crippen LogP contribution in [0.1, 0.15) is 0 Å². The van der Waals surface area contributed by atoms with Crippen LogP contribution < -0.4 is 15.0 Å². The molecule has 7 nitrogen and oxygen atoms in total. The molecular formula is C11H18N4O3. The van der Waals surface area contributed by atoms with E-state index in [4.69, 9.17) is 9.47 Å². The Bertz CT molecular complexity index is 402. The van der Waals surface area contributed by atoms with Crippen LogP contribution in [0.2, 0.25) is 0 Å². The van der Waals surface area contributed by atoms with E-state index in [9.17, 15) is 5.11 Å². The summed E-state index contributed by atoms with van der Waals surface area (Å²) < 4.78 is 10.7. The molecule has 2 heterocycles.